The number of anilines is 1. The number of nitrogens with one attached hydrogen (secondary N) is 1. The minimum absolute atomic E-state index is 0.0249. The summed E-state index contributed by atoms with van der Waals surface area (Å²) in [6.07, 6.45) is 2.84. The van der Waals surface area contributed by atoms with Gasteiger partial charge in [0.1, 0.15) is 5.75 Å². The molecule has 1 aliphatic carbocycles. The van der Waals surface area contributed by atoms with Crippen LogP contribution in [0.1, 0.15) is 29.9 Å². The van der Waals surface area contributed by atoms with Gasteiger partial charge in [0.15, 0.2) is 0 Å². The largest absolute Gasteiger partial charge is 0.506 e. The number of phenols is 1. The van der Waals surface area contributed by atoms with E-state index in [2.05, 4.69) is 11.4 Å². The molecule has 0 heterocycles. The molecule has 0 saturated carbocycles. The fourth-order valence-corrected chi connectivity index (χ4v) is 3.03. The molecule has 0 radical (unpaired) electrons. The summed E-state index contributed by atoms with van der Waals surface area (Å²) in [6.45, 7) is 0. The molecule has 1 amide bonds. The number of carbonyl (C=O) groups excluding carboxylic acids is 1. The molecule has 1 aliphatic rings. The van der Waals surface area contributed by atoms with Crippen LogP contribution in [0.4, 0.5) is 5.69 Å². The molecule has 1 atom stereocenters. The number of hydrogen-bond acceptors (Lipinski definition) is 2. The van der Waals surface area contributed by atoms with Gasteiger partial charge in [-0.25, -0.2) is 0 Å². The minimum atomic E-state index is -0.173. The third-order valence-electron chi connectivity index (χ3n) is 3.90. The second-order valence-electron chi connectivity index (χ2n) is 5.29. The van der Waals surface area contributed by atoms with Crippen molar-refractivity contribution < 1.29 is 9.90 Å². The van der Waals surface area contributed by atoms with Gasteiger partial charge in [-0.1, -0.05) is 35.9 Å². The molecule has 3 nitrogen and oxygen atoms in total. The topological polar surface area (TPSA) is 49.3 Å². The third-order valence-corrected chi connectivity index (χ3v) is 4.14. The lowest BCUT2D eigenvalue weighted by Gasteiger charge is -2.24. The molecule has 4 heteroatoms. The first-order valence-corrected chi connectivity index (χ1v) is 7.40. The number of hydrogen-bond donors (Lipinski definition) is 2. The van der Waals surface area contributed by atoms with Crippen LogP contribution in [0.2, 0.25) is 5.02 Å². The van der Waals surface area contributed by atoms with Gasteiger partial charge in [0.2, 0.25) is 5.91 Å². The van der Waals surface area contributed by atoms with E-state index in [1.807, 2.05) is 18.2 Å². The second kappa shape index (κ2) is 5.78. The maximum atomic E-state index is 12.5. The van der Waals surface area contributed by atoms with Gasteiger partial charge in [-0.3, -0.25) is 4.79 Å². The molecule has 2 N–H and O–H groups in total. The van der Waals surface area contributed by atoms with Gasteiger partial charge in [0.05, 0.1) is 11.6 Å². The Labute approximate surface area is 128 Å². The van der Waals surface area contributed by atoms with Gasteiger partial charge in [-0.15, -0.1) is 0 Å². The smallest absolute Gasteiger partial charge is 0.232 e. The van der Waals surface area contributed by atoms with Crippen LogP contribution in [0, 0.1) is 0 Å². The Morgan fingerprint density at radius 3 is 2.90 bits per heavy atom. The van der Waals surface area contributed by atoms with Crippen LogP contribution in [0.3, 0.4) is 0 Å². The number of rotatable bonds is 2. The van der Waals surface area contributed by atoms with Crippen LogP contribution >= 0.6 is 11.6 Å². The number of aromatic hydroxyl groups is 1. The Bertz CT molecular complexity index is 684. The van der Waals surface area contributed by atoms with E-state index in [0.29, 0.717) is 10.7 Å². The van der Waals surface area contributed by atoms with Crippen LogP contribution in [-0.2, 0) is 11.2 Å². The summed E-state index contributed by atoms with van der Waals surface area (Å²) in [4.78, 5) is 12.5. The van der Waals surface area contributed by atoms with Gasteiger partial charge >= 0.3 is 0 Å². The van der Waals surface area contributed by atoms with E-state index < -0.39 is 0 Å². The first kappa shape index (κ1) is 14.0. The molecule has 0 aromatic heterocycles. The molecule has 0 aliphatic heterocycles. The number of halogens is 1. The van der Waals surface area contributed by atoms with Crippen LogP contribution < -0.4 is 5.32 Å². The summed E-state index contributed by atoms with van der Waals surface area (Å²) in [6, 6.07) is 12.7. The van der Waals surface area contributed by atoms with Crippen molar-refractivity contribution in [2.75, 3.05) is 5.32 Å². The second-order valence-corrected chi connectivity index (χ2v) is 5.73. The number of phenolic OH excluding ortho intramolecular Hbond substituents is 1. The molecule has 1 unspecified atom stereocenters. The minimum Gasteiger partial charge on any atom is -0.506 e. The van der Waals surface area contributed by atoms with Crippen molar-refractivity contribution in [2.45, 2.75) is 25.2 Å². The number of fused-ring (bicyclic) bond motifs is 1. The highest BCUT2D eigenvalue weighted by Gasteiger charge is 2.26. The van der Waals surface area contributed by atoms with Crippen molar-refractivity contribution in [2.24, 2.45) is 0 Å². The lowest BCUT2D eigenvalue weighted by Crippen LogP contribution is -2.24. The van der Waals surface area contributed by atoms with Gasteiger partial charge in [-0.2, -0.15) is 0 Å². The monoisotopic (exact) mass is 301 g/mol. The van der Waals surface area contributed by atoms with Crippen LogP contribution in [0.25, 0.3) is 0 Å². The standard InChI is InChI=1S/C17H16ClNO2/c18-12-8-9-16(20)15(10-12)19-17(21)14-7-3-5-11-4-1-2-6-13(11)14/h1-2,4,6,8-10,14,20H,3,5,7H2,(H,19,21). The zero-order valence-corrected chi connectivity index (χ0v) is 12.2. The van der Waals surface area contributed by atoms with Gasteiger partial charge in [0.25, 0.3) is 0 Å². The van der Waals surface area contributed by atoms with E-state index in [9.17, 15) is 9.90 Å². The van der Waals surface area contributed by atoms with E-state index in [-0.39, 0.29) is 17.6 Å². The van der Waals surface area contributed by atoms with Crippen LogP contribution in [0.5, 0.6) is 5.75 Å². The first-order valence-electron chi connectivity index (χ1n) is 7.02. The lowest BCUT2D eigenvalue weighted by atomic mass is 9.82. The Kier molecular flexibility index (Phi) is 3.84. The summed E-state index contributed by atoms with van der Waals surface area (Å²) < 4.78 is 0. The van der Waals surface area contributed by atoms with Crippen molar-refractivity contribution in [3.05, 3.63) is 58.6 Å². The summed E-state index contributed by atoms with van der Waals surface area (Å²) in [7, 11) is 0. The van der Waals surface area contributed by atoms with Crippen LogP contribution in [0.15, 0.2) is 42.5 Å². The number of aryl methyl sites for hydroxylation is 1. The van der Waals surface area contributed by atoms with Crippen molar-refractivity contribution in [1.82, 2.24) is 0 Å². The molecule has 2 aromatic carbocycles. The average Bonchev–Trinajstić information content (AvgIpc) is 2.50. The lowest BCUT2D eigenvalue weighted by molar-refractivity contribution is -0.117. The molecule has 0 bridgehead atoms. The predicted octanol–water partition coefficient (Wildman–Crippen LogP) is 4.10. The van der Waals surface area contributed by atoms with Crippen molar-refractivity contribution in [3.63, 3.8) is 0 Å². The van der Waals surface area contributed by atoms with E-state index in [1.54, 1.807) is 12.1 Å². The Balaban J connectivity index is 1.85. The maximum Gasteiger partial charge on any atom is 0.232 e. The predicted molar refractivity (Wildman–Crippen MR) is 83.9 cm³/mol. The molecule has 0 fully saturated rings. The number of carbonyl (C=O) groups is 1. The SMILES string of the molecule is O=C(Nc1cc(Cl)ccc1O)C1CCCc2ccccc21. The van der Waals surface area contributed by atoms with Crippen molar-refractivity contribution in [1.29, 1.82) is 0 Å². The Morgan fingerprint density at radius 1 is 1.24 bits per heavy atom. The summed E-state index contributed by atoms with van der Waals surface area (Å²) in [5.41, 5.74) is 2.68. The van der Waals surface area contributed by atoms with E-state index >= 15 is 0 Å². The quantitative estimate of drug-likeness (QED) is 0.820. The van der Waals surface area contributed by atoms with Gasteiger partial charge in [-0.05, 0) is 48.6 Å². The Morgan fingerprint density at radius 2 is 2.05 bits per heavy atom. The fourth-order valence-electron chi connectivity index (χ4n) is 2.85. The molecule has 108 valence electrons. The molecular weight excluding hydrogens is 286 g/mol. The molecule has 21 heavy (non-hydrogen) atoms. The highest BCUT2D eigenvalue weighted by Crippen LogP contribution is 2.34. The fraction of sp³-hybridized carbons (Fsp3) is 0.235. The van der Waals surface area contributed by atoms with E-state index in [1.165, 1.54) is 11.6 Å². The average molecular weight is 302 g/mol. The first-order chi connectivity index (χ1) is 10.1. The summed E-state index contributed by atoms with van der Waals surface area (Å²) in [5, 5.41) is 13.1. The molecule has 0 saturated heterocycles. The van der Waals surface area contributed by atoms with E-state index in [4.69, 9.17) is 11.6 Å². The van der Waals surface area contributed by atoms with Gasteiger partial charge < -0.3 is 10.4 Å². The highest BCUT2D eigenvalue weighted by atomic mass is 35.5. The molecule has 3 rings (SSSR count). The summed E-state index contributed by atoms with van der Waals surface area (Å²) >= 11 is 5.90. The Hall–Kier alpha value is -2.00. The van der Waals surface area contributed by atoms with Crippen LogP contribution in [-0.4, -0.2) is 11.0 Å². The normalized spacial score (nSPS) is 17.1. The van der Waals surface area contributed by atoms with E-state index in [0.717, 1.165) is 24.8 Å². The van der Waals surface area contributed by atoms with Crippen molar-refractivity contribution in [3.8, 4) is 5.75 Å². The zero-order chi connectivity index (χ0) is 14.8. The highest BCUT2D eigenvalue weighted by molar-refractivity contribution is 6.31. The van der Waals surface area contributed by atoms with Gasteiger partial charge in [0, 0.05) is 5.02 Å². The molecule has 2 aromatic rings. The number of benzene rings is 2. The van der Waals surface area contributed by atoms with Crippen molar-refractivity contribution >= 4 is 23.2 Å². The summed E-state index contributed by atoms with van der Waals surface area (Å²) in [5.74, 6) is -0.245. The zero-order valence-electron chi connectivity index (χ0n) is 11.5. The number of amides is 1. The third kappa shape index (κ3) is 2.88. The molecule has 0 spiro atoms. The maximum absolute atomic E-state index is 12.5. The molecular formula is C17H16ClNO2.